The van der Waals surface area contributed by atoms with Crippen molar-refractivity contribution in [3.8, 4) is 22.8 Å². The molecule has 8 nitrogen and oxygen atoms in total. The van der Waals surface area contributed by atoms with E-state index in [-0.39, 0.29) is 5.82 Å². The summed E-state index contributed by atoms with van der Waals surface area (Å²) in [5, 5.41) is 22.8. The van der Waals surface area contributed by atoms with Gasteiger partial charge in [-0.05, 0) is 55.1 Å². The van der Waals surface area contributed by atoms with E-state index >= 15 is 0 Å². The Kier molecular flexibility index (Phi) is 4.68. The van der Waals surface area contributed by atoms with Crippen molar-refractivity contribution >= 4 is 17.4 Å². The first-order valence-corrected chi connectivity index (χ1v) is 10.0. The van der Waals surface area contributed by atoms with Gasteiger partial charge >= 0.3 is 0 Å². The molecule has 10 heteroatoms. The number of rotatable bonds is 5. The highest BCUT2D eigenvalue weighted by Crippen LogP contribution is 2.29. The molecule has 0 atom stereocenters. The number of hydrogen-bond acceptors (Lipinski definition) is 7. The van der Waals surface area contributed by atoms with Crippen LogP contribution in [0.3, 0.4) is 0 Å². The molecule has 4 heterocycles. The maximum Gasteiger partial charge on any atom is 0.197 e. The molecule has 0 saturated heterocycles. The zero-order chi connectivity index (χ0) is 20.5. The molecule has 0 spiro atoms. The highest BCUT2D eigenvalue weighted by atomic mass is 32.2. The predicted octanol–water partition coefficient (Wildman–Crippen LogP) is 3.76. The molecule has 0 aliphatic heterocycles. The largest absolute Gasteiger partial charge is 0.302 e. The zero-order valence-electron chi connectivity index (χ0n) is 15.8. The van der Waals surface area contributed by atoms with E-state index in [0.29, 0.717) is 33.8 Å². The lowest BCUT2D eigenvalue weighted by Crippen LogP contribution is -2.01. The molecule has 0 amide bonds. The molecule has 0 aliphatic carbocycles. The smallest absolute Gasteiger partial charge is 0.197 e. The van der Waals surface area contributed by atoms with Crippen LogP contribution in [-0.2, 0) is 6.54 Å². The van der Waals surface area contributed by atoms with Crippen molar-refractivity contribution < 1.29 is 4.39 Å². The fourth-order valence-corrected chi connectivity index (χ4v) is 3.94. The molecule has 0 radical (unpaired) electrons. The second-order valence-electron chi connectivity index (χ2n) is 6.34. The van der Waals surface area contributed by atoms with Crippen molar-refractivity contribution in [2.75, 3.05) is 0 Å². The summed E-state index contributed by atoms with van der Waals surface area (Å²) in [6.45, 7) is 2.72. The maximum atomic E-state index is 14.3. The van der Waals surface area contributed by atoms with Gasteiger partial charge in [-0.25, -0.2) is 4.39 Å². The summed E-state index contributed by atoms with van der Waals surface area (Å²) in [6.07, 6.45) is 3.48. The SMILES string of the molecule is CCn1c(Sc2ccc3nnc(-c4ccccc4F)n3n2)nnc1-c1cccnc1. The van der Waals surface area contributed by atoms with E-state index in [4.69, 9.17) is 0 Å². The van der Waals surface area contributed by atoms with Gasteiger partial charge in [0.25, 0.3) is 0 Å². The van der Waals surface area contributed by atoms with Gasteiger partial charge in [-0.2, -0.15) is 9.61 Å². The summed E-state index contributed by atoms with van der Waals surface area (Å²) >= 11 is 1.37. The standard InChI is InChI=1S/C20H15FN8S/c1-2-28-18(13-6-5-11-22-12-13)24-26-20(28)30-17-10-9-16-23-25-19(29(16)27-17)14-7-3-4-8-15(14)21/h3-12H,2H2,1H3. The number of pyridine rings is 1. The molecule has 148 valence electrons. The van der Waals surface area contributed by atoms with Gasteiger partial charge in [-0.3, -0.25) is 4.98 Å². The Balaban J connectivity index is 1.53. The Morgan fingerprint density at radius 1 is 0.933 bits per heavy atom. The molecule has 0 bridgehead atoms. The van der Waals surface area contributed by atoms with Crippen LogP contribution in [0.5, 0.6) is 0 Å². The minimum atomic E-state index is -0.376. The van der Waals surface area contributed by atoms with Crippen LogP contribution in [-0.4, -0.2) is 39.6 Å². The van der Waals surface area contributed by atoms with Gasteiger partial charge < -0.3 is 4.57 Å². The Hall–Kier alpha value is -3.66. The molecular formula is C20H15FN8S. The Morgan fingerprint density at radius 3 is 2.60 bits per heavy atom. The predicted molar refractivity (Wildman–Crippen MR) is 109 cm³/mol. The highest BCUT2D eigenvalue weighted by Gasteiger charge is 2.17. The van der Waals surface area contributed by atoms with Gasteiger partial charge in [0.2, 0.25) is 0 Å². The summed E-state index contributed by atoms with van der Waals surface area (Å²) in [6, 6.07) is 13.9. The van der Waals surface area contributed by atoms with E-state index in [0.717, 1.165) is 11.4 Å². The quantitative estimate of drug-likeness (QED) is 0.429. The second kappa shape index (κ2) is 7.64. The first kappa shape index (κ1) is 18.4. The van der Waals surface area contributed by atoms with E-state index in [1.54, 1.807) is 36.7 Å². The summed E-state index contributed by atoms with van der Waals surface area (Å²) in [4.78, 5) is 4.16. The normalized spacial score (nSPS) is 11.3. The number of aromatic nitrogens is 8. The van der Waals surface area contributed by atoms with E-state index in [9.17, 15) is 4.39 Å². The Bertz CT molecular complexity index is 1330. The van der Waals surface area contributed by atoms with Crippen LogP contribution >= 0.6 is 11.8 Å². The molecule has 0 aliphatic rings. The molecule has 0 saturated carbocycles. The Labute approximate surface area is 174 Å². The number of fused-ring (bicyclic) bond motifs is 1. The van der Waals surface area contributed by atoms with Crippen LogP contribution < -0.4 is 0 Å². The molecular weight excluding hydrogens is 403 g/mol. The lowest BCUT2D eigenvalue weighted by atomic mass is 10.2. The Morgan fingerprint density at radius 2 is 1.80 bits per heavy atom. The summed E-state index contributed by atoms with van der Waals surface area (Å²) in [5.74, 6) is 0.711. The van der Waals surface area contributed by atoms with E-state index < -0.39 is 0 Å². The topological polar surface area (TPSA) is 86.7 Å². The van der Waals surface area contributed by atoms with Crippen LogP contribution in [0.2, 0.25) is 0 Å². The van der Waals surface area contributed by atoms with Crippen molar-refractivity contribution in [3.63, 3.8) is 0 Å². The third kappa shape index (κ3) is 3.20. The van der Waals surface area contributed by atoms with Gasteiger partial charge in [-0.15, -0.1) is 20.4 Å². The molecule has 0 unspecified atom stereocenters. The molecule has 0 N–H and O–H groups in total. The second-order valence-corrected chi connectivity index (χ2v) is 7.33. The minimum Gasteiger partial charge on any atom is -0.302 e. The highest BCUT2D eigenvalue weighted by molar-refractivity contribution is 7.99. The number of hydrogen-bond donors (Lipinski definition) is 0. The van der Waals surface area contributed by atoms with Gasteiger partial charge in [-0.1, -0.05) is 12.1 Å². The average molecular weight is 418 g/mol. The maximum absolute atomic E-state index is 14.3. The lowest BCUT2D eigenvalue weighted by Gasteiger charge is -2.07. The summed E-state index contributed by atoms with van der Waals surface area (Å²) in [7, 11) is 0. The van der Waals surface area contributed by atoms with Gasteiger partial charge in [0.05, 0.1) is 5.56 Å². The third-order valence-corrected chi connectivity index (χ3v) is 5.41. The van der Waals surface area contributed by atoms with Crippen LogP contribution in [0.1, 0.15) is 6.92 Å². The third-order valence-electron chi connectivity index (χ3n) is 4.50. The molecule has 5 rings (SSSR count). The van der Waals surface area contributed by atoms with Crippen LogP contribution in [0, 0.1) is 5.82 Å². The number of halogens is 1. The fraction of sp³-hybridized carbons (Fsp3) is 0.100. The first-order valence-electron chi connectivity index (χ1n) is 9.23. The molecule has 0 fully saturated rings. The lowest BCUT2D eigenvalue weighted by molar-refractivity contribution is 0.628. The van der Waals surface area contributed by atoms with Crippen LogP contribution in [0.4, 0.5) is 4.39 Å². The molecule has 30 heavy (non-hydrogen) atoms. The van der Waals surface area contributed by atoms with Gasteiger partial charge in [0.1, 0.15) is 10.8 Å². The van der Waals surface area contributed by atoms with Crippen molar-refractivity contribution in [2.24, 2.45) is 0 Å². The van der Waals surface area contributed by atoms with Gasteiger partial charge in [0.15, 0.2) is 22.5 Å². The van der Waals surface area contributed by atoms with E-state index in [2.05, 4.69) is 30.5 Å². The summed E-state index contributed by atoms with van der Waals surface area (Å²) in [5.41, 5.74) is 1.77. The van der Waals surface area contributed by atoms with Crippen molar-refractivity contribution in [2.45, 2.75) is 23.7 Å². The van der Waals surface area contributed by atoms with E-state index in [1.807, 2.05) is 29.7 Å². The first-order chi connectivity index (χ1) is 14.7. The van der Waals surface area contributed by atoms with E-state index in [1.165, 1.54) is 22.3 Å². The van der Waals surface area contributed by atoms with Crippen molar-refractivity contribution in [1.82, 2.24) is 39.6 Å². The van der Waals surface area contributed by atoms with Crippen LogP contribution in [0.15, 0.2) is 71.1 Å². The average Bonchev–Trinajstić information content (AvgIpc) is 3.38. The fourth-order valence-electron chi connectivity index (χ4n) is 3.09. The zero-order valence-corrected chi connectivity index (χ0v) is 16.7. The van der Waals surface area contributed by atoms with Crippen LogP contribution in [0.25, 0.3) is 28.4 Å². The number of nitrogens with zero attached hydrogens (tertiary/aromatic N) is 8. The van der Waals surface area contributed by atoms with Crippen molar-refractivity contribution in [3.05, 3.63) is 66.7 Å². The molecule has 1 aromatic carbocycles. The molecule has 5 aromatic rings. The minimum absolute atomic E-state index is 0.343. The van der Waals surface area contributed by atoms with Gasteiger partial charge in [0, 0.05) is 24.5 Å². The molecule has 4 aromatic heterocycles. The summed E-state index contributed by atoms with van der Waals surface area (Å²) < 4.78 is 17.8. The number of benzene rings is 1. The van der Waals surface area contributed by atoms with Crippen molar-refractivity contribution in [1.29, 1.82) is 0 Å². The monoisotopic (exact) mass is 418 g/mol.